The van der Waals surface area contributed by atoms with Gasteiger partial charge >= 0.3 is 0 Å². The molecule has 1 aromatic rings. The standard InChI is InChI=1S/C15H19N3O2/c1-20-10-9-18(8-2-7-16)12-15(19)14-5-3-13(11-17)4-6-14/h3-6,15,19H,2,8-10,12H2,1H3. The highest BCUT2D eigenvalue weighted by Crippen LogP contribution is 2.15. The number of hydrogen-bond donors (Lipinski definition) is 1. The maximum absolute atomic E-state index is 10.2. The minimum atomic E-state index is -0.640. The van der Waals surface area contributed by atoms with Gasteiger partial charge in [0, 0.05) is 33.2 Å². The molecule has 1 N–H and O–H groups in total. The molecular formula is C15H19N3O2. The third-order valence-corrected chi connectivity index (χ3v) is 3.01. The zero-order chi connectivity index (χ0) is 14.8. The molecule has 0 aromatic heterocycles. The van der Waals surface area contributed by atoms with E-state index < -0.39 is 6.10 Å². The van der Waals surface area contributed by atoms with Crippen molar-refractivity contribution < 1.29 is 9.84 Å². The summed E-state index contributed by atoms with van der Waals surface area (Å²) in [5, 5.41) is 27.6. The van der Waals surface area contributed by atoms with Crippen LogP contribution in [0.4, 0.5) is 0 Å². The van der Waals surface area contributed by atoms with Crippen LogP contribution in [0.2, 0.25) is 0 Å². The smallest absolute Gasteiger partial charge is 0.0991 e. The lowest BCUT2D eigenvalue weighted by atomic mass is 10.1. The monoisotopic (exact) mass is 273 g/mol. The van der Waals surface area contributed by atoms with Gasteiger partial charge in [0.2, 0.25) is 0 Å². The van der Waals surface area contributed by atoms with Crippen LogP contribution in [0.3, 0.4) is 0 Å². The average molecular weight is 273 g/mol. The van der Waals surface area contributed by atoms with E-state index in [9.17, 15) is 5.11 Å². The van der Waals surface area contributed by atoms with Crippen LogP contribution in [0, 0.1) is 22.7 Å². The second-order valence-corrected chi connectivity index (χ2v) is 4.45. The molecule has 0 amide bonds. The van der Waals surface area contributed by atoms with Crippen molar-refractivity contribution in [2.75, 3.05) is 33.4 Å². The van der Waals surface area contributed by atoms with E-state index in [-0.39, 0.29) is 0 Å². The molecule has 5 heteroatoms. The molecule has 0 aliphatic rings. The van der Waals surface area contributed by atoms with Crippen molar-refractivity contribution in [3.05, 3.63) is 35.4 Å². The summed E-state index contributed by atoms with van der Waals surface area (Å²) < 4.78 is 5.03. The first-order chi connectivity index (χ1) is 9.71. The summed E-state index contributed by atoms with van der Waals surface area (Å²) in [6.07, 6.45) is -0.220. The zero-order valence-electron chi connectivity index (χ0n) is 11.6. The van der Waals surface area contributed by atoms with Crippen LogP contribution in [0.15, 0.2) is 24.3 Å². The van der Waals surface area contributed by atoms with Crippen molar-refractivity contribution >= 4 is 0 Å². The number of rotatable bonds is 8. The number of nitriles is 2. The molecule has 20 heavy (non-hydrogen) atoms. The van der Waals surface area contributed by atoms with Gasteiger partial charge in [0.05, 0.1) is 30.4 Å². The molecule has 1 aromatic carbocycles. The van der Waals surface area contributed by atoms with Gasteiger partial charge in [-0.2, -0.15) is 10.5 Å². The highest BCUT2D eigenvalue weighted by atomic mass is 16.5. The molecule has 0 fully saturated rings. The van der Waals surface area contributed by atoms with E-state index in [4.69, 9.17) is 15.3 Å². The van der Waals surface area contributed by atoms with Crippen molar-refractivity contribution in [3.63, 3.8) is 0 Å². The van der Waals surface area contributed by atoms with E-state index >= 15 is 0 Å². The molecule has 5 nitrogen and oxygen atoms in total. The zero-order valence-corrected chi connectivity index (χ0v) is 11.6. The van der Waals surface area contributed by atoms with Gasteiger partial charge in [0.25, 0.3) is 0 Å². The first kappa shape index (κ1) is 16.1. The van der Waals surface area contributed by atoms with Crippen molar-refractivity contribution in [3.8, 4) is 12.1 Å². The fourth-order valence-corrected chi connectivity index (χ4v) is 1.85. The number of ether oxygens (including phenoxy) is 1. The normalized spacial score (nSPS) is 11.8. The molecule has 0 saturated carbocycles. The predicted octanol–water partition coefficient (Wildman–Crippen LogP) is 1.45. The fourth-order valence-electron chi connectivity index (χ4n) is 1.85. The third-order valence-electron chi connectivity index (χ3n) is 3.01. The Kier molecular flexibility index (Phi) is 7.31. The molecule has 106 valence electrons. The van der Waals surface area contributed by atoms with E-state index in [2.05, 4.69) is 6.07 Å². The molecule has 0 saturated heterocycles. The lowest BCUT2D eigenvalue weighted by molar-refractivity contribution is 0.0902. The van der Waals surface area contributed by atoms with Gasteiger partial charge in [-0.15, -0.1) is 0 Å². The van der Waals surface area contributed by atoms with E-state index in [1.807, 2.05) is 11.0 Å². The molecule has 1 atom stereocenters. The topological polar surface area (TPSA) is 80.3 Å². The average Bonchev–Trinajstić information content (AvgIpc) is 2.49. The minimum Gasteiger partial charge on any atom is -0.387 e. The first-order valence-corrected chi connectivity index (χ1v) is 6.47. The van der Waals surface area contributed by atoms with Gasteiger partial charge in [0.15, 0.2) is 0 Å². The Bertz CT molecular complexity index is 473. The Hall–Kier alpha value is -1.92. The van der Waals surface area contributed by atoms with Crippen molar-refractivity contribution in [1.29, 1.82) is 10.5 Å². The Labute approximate surface area is 119 Å². The molecule has 0 aliphatic heterocycles. The summed E-state index contributed by atoms with van der Waals surface area (Å²) in [4.78, 5) is 2.00. The number of aliphatic hydroxyl groups is 1. The highest BCUT2D eigenvalue weighted by molar-refractivity contribution is 5.32. The lowest BCUT2D eigenvalue weighted by Crippen LogP contribution is -2.32. The lowest BCUT2D eigenvalue weighted by Gasteiger charge is -2.24. The molecule has 0 aliphatic carbocycles. The van der Waals surface area contributed by atoms with Gasteiger partial charge in [-0.1, -0.05) is 12.1 Å². The van der Waals surface area contributed by atoms with Crippen LogP contribution in [-0.4, -0.2) is 43.4 Å². The second-order valence-electron chi connectivity index (χ2n) is 4.45. The second kappa shape index (κ2) is 9.06. The van der Waals surface area contributed by atoms with Crippen molar-refractivity contribution in [2.45, 2.75) is 12.5 Å². The van der Waals surface area contributed by atoms with Crippen molar-refractivity contribution in [2.24, 2.45) is 0 Å². The molecule has 0 heterocycles. The van der Waals surface area contributed by atoms with Crippen LogP contribution in [0.25, 0.3) is 0 Å². The number of hydrogen-bond acceptors (Lipinski definition) is 5. The van der Waals surface area contributed by atoms with Gasteiger partial charge in [-0.25, -0.2) is 0 Å². The van der Waals surface area contributed by atoms with E-state index in [1.165, 1.54) is 0 Å². The van der Waals surface area contributed by atoms with E-state index in [1.54, 1.807) is 31.4 Å². The number of nitrogens with zero attached hydrogens (tertiary/aromatic N) is 3. The molecule has 0 bridgehead atoms. The quantitative estimate of drug-likeness (QED) is 0.775. The van der Waals surface area contributed by atoms with E-state index in [0.29, 0.717) is 38.2 Å². The first-order valence-electron chi connectivity index (χ1n) is 6.47. The Morgan fingerprint density at radius 1 is 1.25 bits per heavy atom. The van der Waals surface area contributed by atoms with Crippen LogP contribution in [0.1, 0.15) is 23.7 Å². The Balaban J connectivity index is 2.61. The summed E-state index contributed by atoms with van der Waals surface area (Å²) in [5.74, 6) is 0. The minimum absolute atomic E-state index is 0.420. The third kappa shape index (κ3) is 5.38. The maximum Gasteiger partial charge on any atom is 0.0991 e. The fraction of sp³-hybridized carbons (Fsp3) is 0.467. The number of aliphatic hydroxyl groups excluding tert-OH is 1. The highest BCUT2D eigenvalue weighted by Gasteiger charge is 2.13. The summed E-state index contributed by atoms with van der Waals surface area (Å²) in [5.41, 5.74) is 1.34. The van der Waals surface area contributed by atoms with Crippen LogP contribution < -0.4 is 0 Å². The van der Waals surface area contributed by atoms with Gasteiger partial charge in [0.1, 0.15) is 0 Å². The number of methoxy groups -OCH3 is 1. The van der Waals surface area contributed by atoms with Crippen LogP contribution in [-0.2, 0) is 4.74 Å². The molecular weight excluding hydrogens is 254 g/mol. The van der Waals surface area contributed by atoms with Gasteiger partial charge < -0.3 is 9.84 Å². The molecule has 0 radical (unpaired) electrons. The summed E-state index contributed by atoms with van der Waals surface area (Å²) >= 11 is 0. The van der Waals surface area contributed by atoms with E-state index in [0.717, 1.165) is 5.56 Å². The van der Waals surface area contributed by atoms with Crippen LogP contribution in [0.5, 0.6) is 0 Å². The van der Waals surface area contributed by atoms with Crippen LogP contribution >= 0.6 is 0 Å². The Morgan fingerprint density at radius 3 is 2.50 bits per heavy atom. The predicted molar refractivity (Wildman–Crippen MR) is 74.7 cm³/mol. The number of benzene rings is 1. The van der Waals surface area contributed by atoms with Crippen molar-refractivity contribution in [1.82, 2.24) is 4.90 Å². The molecule has 1 unspecified atom stereocenters. The summed E-state index contributed by atoms with van der Waals surface area (Å²) in [6.45, 7) is 2.28. The summed E-state index contributed by atoms with van der Waals surface area (Å²) in [6, 6.07) is 11.0. The van der Waals surface area contributed by atoms with Gasteiger partial charge in [-0.05, 0) is 17.7 Å². The Morgan fingerprint density at radius 2 is 1.95 bits per heavy atom. The summed E-state index contributed by atoms with van der Waals surface area (Å²) in [7, 11) is 1.62. The van der Waals surface area contributed by atoms with Gasteiger partial charge in [-0.3, -0.25) is 4.90 Å². The molecule has 1 rings (SSSR count). The molecule has 0 spiro atoms. The SMILES string of the molecule is COCCN(CCC#N)CC(O)c1ccc(C#N)cc1. The maximum atomic E-state index is 10.2. The largest absolute Gasteiger partial charge is 0.387 e.